The van der Waals surface area contributed by atoms with E-state index in [4.69, 9.17) is 0 Å². The molecule has 0 aliphatic carbocycles. The lowest BCUT2D eigenvalue weighted by atomic mass is 10.3. The van der Waals surface area contributed by atoms with Crippen molar-refractivity contribution < 1.29 is 4.79 Å². The minimum Gasteiger partial charge on any atom is -0.346 e. The van der Waals surface area contributed by atoms with Crippen LogP contribution in [0.2, 0.25) is 0 Å². The average Bonchev–Trinajstić information content (AvgIpc) is 3.10. The highest BCUT2D eigenvalue weighted by atomic mass is 32.1. The maximum atomic E-state index is 12.1. The van der Waals surface area contributed by atoms with E-state index in [1.807, 2.05) is 11.8 Å². The number of carbonyl (C=O) groups excluding carboxylic acids is 1. The lowest BCUT2D eigenvalue weighted by Gasteiger charge is -2.34. The average molecular weight is 294 g/mol. The molecule has 0 N–H and O–H groups in total. The first-order chi connectivity index (χ1) is 9.72. The lowest BCUT2D eigenvalue weighted by Crippen LogP contribution is -2.49. The number of likely N-dealkylation sites (tertiary alicyclic amines) is 1. The van der Waals surface area contributed by atoms with Crippen LogP contribution in [0.1, 0.15) is 18.5 Å². The molecule has 0 bridgehead atoms. The van der Waals surface area contributed by atoms with Crippen LogP contribution in [0.3, 0.4) is 0 Å². The minimum atomic E-state index is 0.307. The number of hydrogen-bond donors (Lipinski definition) is 0. The summed E-state index contributed by atoms with van der Waals surface area (Å²) in [6.45, 7) is 8.39. The summed E-state index contributed by atoms with van der Waals surface area (Å²) in [5, 5.41) is 3.21. The Bertz CT molecular complexity index is 461. The third-order valence-electron chi connectivity index (χ3n) is 4.07. The molecule has 1 aromatic rings. The summed E-state index contributed by atoms with van der Waals surface area (Å²) in [6, 6.07) is 0. The van der Waals surface area contributed by atoms with E-state index in [0.29, 0.717) is 12.5 Å². The molecule has 20 heavy (non-hydrogen) atoms. The Morgan fingerprint density at radius 3 is 2.50 bits per heavy atom. The third-order valence-corrected chi connectivity index (χ3v) is 5.09. The highest BCUT2D eigenvalue weighted by Gasteiger charge is 2.24. The van der Waals surface area contributed by atoms with Crippen molar-refractivity contribution in [2.45, 2.75) is 19.8 Å². The van der Waals surface area contributed by atoms with Gasteiger partial charge < -0.3 is 9.80 Å². The Morgan fingerprint density at radius 1 is 1.20 bits per heavy atom. The van der Waals surface area contributed by atoms with E-state index in [9.17, 15) is 4.79 Å². The van der Waals surface area contributed by atoms with E-state index in [1.54, 1.807) is 11.3 Å². The maximum Gasteiger partial charge on any atom is 0.236 e. The summed E-state index contributed by atoms with van der Waals surface area (Å²) in [7, 11) is 0. The lowest BCUT2D eigenvalue weighted by molar-refractivity contribution is -0.131. The molecular weight excluding hydrogens is 272 g/mol. The van der Waals surface area contributed by atoms with Crippen LogP contribution in [0.5, 0.6) is 0 Å². The molecule has 2 aliphatic rings. The number of rotatable bonds is 3. The van der Waals surface area contributed by atoms with Gasteiger partial charge in [0, 0.05) is 44.6 Å². The molecule has 3 heterocycles. The number of anilines is 1. The van der Waals surface area contributed by atoms with Gasteiger partial charge in [-0.05, 0) is 19.8 Å². The van der Waals surface area contributed by atoms with Gasteiger partial charge in [0.25, 0.3) is 0 Å². The number of amides is 1. The largest absolute Gasteiger partial charge is 0.346 e. The molecule has 1 aromatic heterocycles. The normalized spacial score (nSPS) is 20.6. The Balaban J connectivity index is 1.47. The molecule has 110 valence electrons. The summed E-state index contributed by atoms with van der Waals surface area (Å²) in [4.78, 5) is 23.3. The van der Waals surface area contributed by atoms with Gasteiger partial charge in [0.1, 0.15) is 0 Å². The smallest absolute Gasteiger partial charge is 0.236 e. The highest BCUT2D eigenvalue weighted by molar-refractivity contribution is 7.13. The van der Waals surface area contributed by atoms with Crippen LogP contribution < -0.4 is 4.90 Å². The fraction of sp³-hybridized carbons (Fsp3) is 0.714. The quantitative estimate of drug-likeness (QED) is 0.840. The van der Waals surface area contributed by atoms with Gasteiger partial charge in [-0.2, -0.15) is 0 Å². The number of aromatic nitrogens is 1. The second-order valence-electron chi connectivity index (χ2n) is 5.62. The van der Waals surface area contributed by atoms with Crippen LogP contribution in [0.15, 0.2) is 5.38 Å². The number of hydrogen-bond acceptors (Lipinski definition) is 5. The van der Waals surface area contributed by atoms with Crippen molar-refractivity contribution in [3.8, 4) is 0 Å². The summed E-state index contributed by atoms with van der Waals surface area (Å²) in [5.41, 5.74) is 1.09. The van der Waals surface area contributed by atoms with Crippen molar-refractivity contribution in [1.82, 2.24) is 14.8 Å². The van der Waals surface area contributed by atoms with E-state index in [2.05, 4.69) is 20.2 Å². The van der Waals surface area contributed by atoms with Gasteiger partial charge in [0.2, 0.25) is 5.91 Å². The van der Waals surface area contributed by atoms with Crippen LogP contribution in [0.4, 0.5) is 5.13 Å². The molecule has 6 heteroatoms. The first-order valence-corrected chi connectivity index (χ1v) is 8.27. The standard InChI is InChI=1S/C14H22N4OS/c1-12-11-20-14(15-12)18-8-6-16(7-9-18)10-13(19)17-4-2-3-5-17/h11H,2-10H2,1H3. The fourth-order valence-corrected chi connectivity index (χ4v) is 3.70. The van der Waals surface area contributed by atoms with Gasteiger partial charge in [-0.3, -0.25) is 9.69 Å². The summed E-state index contributed by atoms with van der Waals surface area (Å²) < 4.78 is 0. The first kappa shape index (κ1) is 13.8. The molecule has 2 saturated heterocycles. The molecule has 1 amide bonds. The molecule has 3 rings (SSSR count). The number of carbonyl (C=O) groups is 1. The third kappa shape index (κ3) is 3.12. The molecule has 2 aliphatic heterocycles. The topological polar surface area (TPSA) is 39.7 Å². The molecule has 0 radical (unpaired) electrons. The van der Waals surface area contributed by atoms with E-state index in [-0.39, 0.29) is 0 Å². The van der Waals surface area contributed by atoms with Crippen LogP contribution >= 0.6 is 11.3 Å². The summed E-state index contributed by atoms with van der Waals surface area (Å²) in [6.07, 6.45) is 2.34. The SMILES string of the molecule is Cc1csc(N2CCN(CC(=O)N3CCCC3)CC2)n1. The monoisotopic (exact) mass is 294 g/mol. The predicted octanol–water partition coefficient (Wildman–Crippen LogP) is 1.20. The fourth-order valence-electron chi connectivity index (χ4n) is 2.84. The zero-order valence-corrected chi connectivity index (χ0v) is 12.9. The Morgan fingerprint density at radius 2 is 1.90 bits per heavy atom. The summed E-state index contributed by atoms with van der Waals surface area (Å²) in [5.74, 6) is 0.307. The van der Waals surface area contributed by atoms with Crippen molar-refractivity contribution in [3.63, 3.8) is 0 Å². The van der Waals surface area contributed by atoms with Crippen molar-refractivity contribution in [2.75, 3.05) is 50.7 Å². The molecule has 0 spiro atoms. The molecule has 0 aromatic carbocycles. The molecular formula is C14H22N4OS. The van der Waals surface area contributed by atoms with Crippen molar-refractivity contribution >= 4 is 22.4 Å². The van der Waals surface area contributed by atoms with E-state index in [0.717, 1.165) is 50.1 Å². The second kappa shape index (κ2) is 6.10. The molecule has 0 saturated carbocycles. The zero-order chi connectivity index (χ0) is 13.9. The number of nitrogens with zero attached hydrogens (tertiary/aromatic N) is 4. The molecule has 5 nitrogen and oxygen atoms in total. The van der Waals surface area contributed by atoms with Gasteiger partial charge in [-0.1, -0.05) is 0 Å². The zero-order valence-electron chi connectivity index (χ0n) is 12.0. The van der Waals surface area contributed by atoms with Crippen LogP contribution in [-0.4, -0.2) is 66.5 Å². The maximum absolute atomic E-state index is 12.1. The Kier molecular flexibility index (Phi) is 4.21. The number of thiazole rings is 1. The van der Waals surface area contributed by atoms with Gasteiger partial charge >= 0.3 is 0 Å². The molecule has 0 atom stereocenters. The van der Waals surface area contributed by atoms with Gasteiger partial charge in [-0.15, -0.1) is 11.3 Å². The van der Waals surface area contributed by atoms with Crippen molar-refractivity contribution in [3.05, 3.63) is 11.1 Å². The Hall–Kier alpha value is -1.14. The van der Waals surface area contributed by atoms with Crippen LogP contribution in [0.25, 0.3) is 0 Å². The first-order valence-electron chi connectivity index (χ1n) is 7.39. The van der Waals surface area contributed by atoms with Crippen LogP contribution in [-0.2, 0) is 4.79 Å². The van der Waals surface area contributed by atoms with Gasteiger partial charge in [0.15, 0.2) is 5.13 Å². The molecule has 0 unspecified atom stereocenters. The van der Waals surface area contributed by atoms with Crippen molar-refractivity contribution in [1.29, 1.82) is 0 Å². The number of aryl methyl sites for hydroxylation is 1. The predicted molar refractivity (Wildman–Crippen MR) is 81.3 cm³/mol. The van der Waals surface area contributed by atoms with Gasteiger partial charge in [-0.25, -0.2) is 4.98 Å². The van der Waals surface area contributed by atoms with E-state index < -0.39 is 0 Å². The van der Waals surface area contributed by atoms with Crippen molar-refractivity contribution in [2.24, 2.45) is 0 Å². The highest BCUT2D eigenvalue weighted by Crippen LogP contribution is 2.21. The Labute approximate surface area is 124 Å². The second-order valence-corrected chi connectivity index (χ2v) is 6.46. The summed E-state index contributed by atoms with van der Waals surface area (Å²) >= 11 is 1.71. The van der Waals surface area contributed by atoms with E-state index in [1.165, 1.54) is 12.8 Å². The minimum absolute atomic E-state index is 0.307. The van der Waals surface area contributed by atoms with E-state index >= 15 is 0 Å². The van der Waals surface area contributed by atoms with Gasteiger partial charge in [0.05, 0.1) is 12.2 Å². The molecule has 2 fully saturated rings. The number of piperazine rings is 1. The van der Waals surface area contributed by atoms with Crippen LogP contribution in [0, 0.1) is 6.92 Å².